The van der Waals surface area contributed by atoms with Crippen molar-refractivity contribution in [3.8, 4) is 0 Å². The number of benzene rings is 1. The van der Waals surface area contributed by atoms with Crippen molar-refractivity contribution >= 4 is 11.7 Å². The van der Waals surface area contributed by atoms with Crippen LogP contribution in [0.15, 0.2) is 24.3 Å². The molecule has 2 atom stereocenters. The van der Waals surface area contributed by atoms with Crippen LogP contribution in [0.5, 0.6) is 0 Å². The predicted octanol–water partition coefficient (Wildman–Crippen LogP) is 1.20. The molecule has 0 bridgehead atoms. The van der Waals surface area contributed by atoms with E-state index in [0.717, 1.165) is 5.56 Å². The van der Waals surface area contributed by atoms with Gasteiger partial charge in [0.1, 0.15) is 6.04 Å². The van der Waals surface area contributed by atoms with Crippen LogP contribution in [0.2, 0.25) is 0 Å². The number of non-ortho nitro benzene ring substituents is 1. The van der Waals surface area contributed by atoms with Crippen molar-refractivity contribution in [1.29, 1.82) is 0 Å². The molecule has 1 unspecified atom stereocenters. The van der Waals surface area contributed by atoms with Crippen LogP contribution >= 0.6 is 0 Å². The van der Waals surface area contributed by atoms with E-state index in [0.29, 0.717) is 19.4 Å². The minimum Gasteiger partial charge on any atom is -0.480 e. The first-order valence-corrected chi connectivity index (χ1v) is 5.76. The van der Waals surface area contributed by atoms with Crippen molar-refractivity contribution in [3.63, 3.8) is 0 Å². The first-order chi connectivity index (χ1) is 8.56. The maximum Gasteiger partial charge on any atom is 0.320 e. The van der Waals surface area contributed by atoms with E-state index >= 15 is 0 Å². The quantitative estimate of drug-likeness (QED) is 0.618. The highest BCUT2D eigenvalue weighted by Crippen LogP contribution is 2.21. The number of hydrogen-bond donors (Lipinski definition) is 2. The van der Waals surface area contributed by atoms with Crippen LogP contribution in [0.1, 0.15) is 12.0 Å². The molecular formula is C12H14N2O4. The average molecular weight is 250 g/mol. The number of nitro benzene ring substituents is 1. The van der Waals surface area contributed by atoms with Crippen LogP contribution in [0.3, 0.4) is 0 Å². The van der Waals surface area contributed by atoms with E-state index in [1.54, 1.807) is 12.1 Å². The van der Waals surface area contributed by atoms with E-state index in [-0.39, 0.29) is 11.6 Å². The SMILES string of the molecule is O=C(O)[C@@H]1CC(Cc2cccc([N+](=O)[O-])c2)CN1. The fourth-order valence-corrected chi connectivity index (χ4v) is 2.28. The van der Waals surface area contributed by atoms with Crippen molar-refractivity contribution in [3.05, 3.63) is 39.9 Å². The molecule has 1 aliphatic heterocycles. The summed E-state index contributed by atoms with van der Waals surface area (Å²) in [6.07, 6.45) is 1.23. The fraction of sp³-hybridized carbons (Fsp3) is 0.417. The molecule has 0 saturated carbocycles. The van der Waals surface area contributed by atoms with Crippen molar-refractivity contribution in [1.82, 2.24) is 5.32 Å². The topological polar surface area (TPSA) is 92.5 Å². The van der Waals surface area contributed by atoms with Crippen LogP contribution in [0, 0.1) is 16.0 Å². The lowest BCUT2D eigenvalue weighted by Gasteiger charge is -2.08. The Morgan fingerprint density at radius 2 is 2.33 bits per heavy atom. The van der Waals surface area contributed by atoms with Gasteiger partial charge in [-0.25, -0.2) is 0 Å². The van der Waals surface area contributed by atoms with Crippen LogP contribution < -0.4 is 5.32 Å². The van der Waals surface area contributed by atoms with Gasteiger partial charge in [0.15, 0.2) is 0 Å². The van der Waals surface area contributed by atoms with Gasteiger partial charge in [-0.15, -0.1) is 0 Å². The van der Waals surface area contributed by atoms with Gasteiger partial charge in [0.2, 0.25) is 0 Å². The molecule has 6 nitrogen and oxygen atoms in total. The molecule has 1 aromatic carbocycles. The zero-order chi connectivity index (χ0) is 13.1. The van der Waals surface area contributed by atoms with E-state index < -0.39 is 16.9 Å². The lowest BCUT2D eigenvalue weighted by atomic mass is 9.96. The van der Waals surface area contributed by atoms with Gasteiger partial charge in [-0.05, 0) is 30.9 Å². The highest BCUT2D eigenvalue weighted by Gasteiger charge is 2.29. The third-order valence-corrected chi connectivity index (χ3v) is 3.17. The lowest BCUT2D eigenvalue weighted by Crippen LogP contribution is -2.29. The number of nitro groups is 1. The summed E-state index contributed by atoms with van der Waals surface area (Å²) in [5.41, 5.74) is 0.954. The summed E-state index contributed by atoms with van der Waals surface area (Å²) in [5.74, 6) is -0.621. The number of nitrogens with zero attached hydrogens (tertiary/aromatic N) is 1. The summed E-state index contributed by atoms with van der Waals surface area (Å²) in [4.78, 5) is 21.0. The maximum absolute atomic E-state index is 10.8. The Hall–Kier alpha value is -1.95. The van der Waals surface area contributed by atoms with E-state index in [2.05, 4.69) is 5.32 Å². The van der Waals surface area contributed by atoms with Gasteiger partial charge in [0.25, 0.3) is 5.69 Å². The standard InChI is InChI=1S/C12H14N2O4/c15-12(16)11-6-9(7-13-11)4-8-2-1-3-10(5-8)14(17)18/h1-3,5,9,11,13H,4,6-7H2,(H,15,16)/t9?,11-/m0/s1. The lowest BCUT2D eigenvalue weighted by molar-refractivity contribution is -0.384. The molecule has 0 spiro atoms. The van der Waals surface area contributed by atoms with Gasteiger partial charge < -0.3 is 10.4 Å². The molecule has 96 valence electrons. The van der Waals surface area contributed by atoms with Crippen molar-refractivity contribution in [2.45, 2.75) is 18.9 Å². The largest absolute Gasteiger partial charge is 0.480 e. The average Bonchev–Trinajstić information content (AvgIpc) is 2.78. The second-order valence-corrected chi connectivity index (χ2v) is 4.53. The molecule has 1 aromatic rings. The molecule has 1 saturated heterocycles. The highest BCUT2D eigenvalue weighted by atomic mass is 16.6. The molecule has 0 aromatic heterocycles. The molecule has 1 fully saturated rings. The van der Waals surface area contributed by atoms with Crippen molar-refractivity contribution in [2.24, 2.45) is 5.92 Å². The highest BCUT2D eigenvalue weighted by molar-refractivity contribution is 5.73. The second-order valence-electron chi connectivity index (χ2n) is 4.53. The number of rotatable bonds is 4. The smallest absolute Gasteiger partial charge is 0.320 e. The minimum atomic E-state index is -0.837. The third-order valence-electron chi connectivity index (χ3n) is 3.17. The van der Waals surface area contributed by atoms with Gasteiger partial charge >= 0.3 is 5.97 Å². The molecule has 6 heteroatoms. The molecule has 0 radical (unpaired) electrons. The number of nitrogens with one attached hydrogen (secondary N) is 1. The van der Waals surface area contributed by atoms with Crippen LogP contribution in [-0.2, 0) is 11.2 Å². The van der Waals surface area contributed by atoms with Crippen molar-refractivity contribution < 1.29 is 14.8 Å². The first kappa shape index (κ1) is 12.5. The summed E-state index contributed by atoms with van der Waals surface area (Å²) in [5, 5.41) is 22.4. The number of carboxylic acid groups (broad SMARTS) is 1. The molecule has 0 amide bonds. The third kappa shape index (κ3) is 2.84. The van der Waals surface area contributed by atoms with Gasteiger partial charge in [-0.3, -0.25) is 14.9 Å². The molecule has 2 N–H and O–H groups in total. The molecule has 1 heterocycles. The Balaban J connectivity index is 2.00. The normalized spacial score (nSPS) is 22.9. The van der Waals surface area contributed by atoms with Crippen molar-refractivity contribution in [2.75, 3.05) is 6.54 Å². The fourth-order valence-electron chi connectivity index (χ4n) is 2.28. The number of carbonyl (C=O) groups is 1. The second kappa shape index (κ2) is 5.14. The van der Waals surface area contributed by atoms with E-state index in [4.69, 9.17) is 5.11 Å². The van der Waals surface area contributed by atoms with Gasteiger partial charge in [0, 0.05) is 12.1 Å². The Morgan fingerprint density at radius 1 is 1.56 bits per heavy atom. The molecule has 2 rings (SSSR count). The monoisotopic (exact) mass is 250 g/mol. The molecule has 1 aliphatic rings. The van der Waals surface area contributed by atoms with Crippen LogP contribution in [-0.4, -0.2) is 28.6 Å². The summed E-state index contributed by atoms with van der Waals surface area (Å²) >= 11 is 0. The van der Waals surface area contributed by atoms with Gasteiger partial charge in [-0.2, -0.15) is 0 Å². The zero-order valence-electron chi connectivity index (χ0n) is 9.70. The van der Waals surface area contributed by atoms with Gasteiger partial charge in [-0.1, -0.05) is 12.1 Å². The molecular weight excluding hydrogens is 236 g/mol. The van der Waals surface area contributed by atoms with Gasteiger partial charge in [0.05, 0.1) is 4.92 Å². The maximum atomic E-state index is 10.8. The van der Waals surface area contributed by atoms with Crippen LogP contribution in [0.25, 0.3) is 0 Å². The molecule has 18 heavy (non-hydrogen) atoms. The zero-order valence-corrected chi connectivity index (χ0v) is 9.70. The van der Waals surface area contributed by atoms with E-state index in [9.17, 15) is 14.9 Å². The predicted molar refractivity (Wildman–Crippen MR) is 64.3 cm³/mol. The molecule has 0 aliphatic carbocycles. The first-order valence-electron chi connectivity index (χ1n) is 5.76. The number of hydrogen-bond acceptors (Lipinski definition) is 4. The van der Waals surface area contributed by atoms with E-state index in [1.807, 2.05) is 6.07 Å². The Kier molecular flexibility index (Phi) is 3.57. The Morgan fingerprint density at radius 3 is 2.94 bits per heavy atom. The Bertz CT molecular complexity index is 475. The minimum absolute atomic E-state index is 0.0771. The summed E-state index contributed by atoms with van der Waals surface area (Å²) in [7, 11) is 0. The summed E-state index contributed by atoms with van der Waals surface area (Å²) in [6.45, 7) is 0.639. The summed E-state index contributed by atoms with van der Waals surface area (Å²) in [6, 6.07) is 6.00. The number of carboxylic acids is 1. The van der Waals surface area contributed by atoms with E-state index in [1.165, 1.54) is 6.07 Å². The Labute approximate surface area is 104 Å². The van der Waals surface area contributed by atoms with Crippen LogP contribution in [0.4, 0.5) is 5.69 Å². The number of aliphatic carboxylic acids is 1. The summed E-state index contributed by atoms with van der Waals surface area (Å²) < 4.78 is 0.